The molecule has 0 radical (unpaired) electrons. The van der Waals surface area contributed by atoms with Crippen molar-refractivity contribution in [3.05, 3.63) is 28.4 Å². The SMILES string of the molecule is O=C(c1cc(=O)[nH]cn1)N1C2CCC1CC(CC(F)F)C2. The Morgan fingerprint density at radius 3 is 2.62 bits per heavy atom. The molecule has 2 saturated heterocycles. The van der Waals surface area contributed by atoms with E-state index < -0.39 is 6.43 Å². The summed E-state index contributed by atoms with van der Waals surface area (Å²) in [7, 11) is 0. The van der Waals surface area contributed by atoms with Crippen LogP contribution in [0.3, 0.4) is 0 Å². The molecule has 2 aliphatic heterocycles. The topological polar surface area (TPSA) is 66.1 Å². The molecule has 7 heteroatoms. The number of nitrogens with one attached hydrogen (secondary N) is 1. The van der Waals surface area contributed by atoms with Crippen molar-refractivity contribution in [1.82, 2.24) is 14.9 Å². The molecule has 0 saturated carbocycles. The van der Waals surface area contributed by atoms with Crippen molar-refractivity contribution in [2.24, 2.45) is 5.92 Å². The fraction of sp³-hybridized carbons (Fsp3) is 0.643. The summed E-state index contributed by atoms with van der Waals surface area (Å²) in [6, 6.07) is 1.19. The highest BCUT2D eigenvalue weighted by Gasteiger charge is 2.44. The fourth-order valence-electron chi connectivity index (χ4n) is 3.68. The van der Waals surface area contributed by atoms with Gasteiger partial charge in [-0.2, -0.15) is 0 Å². The third-order valence-electron chi connectivity index (χ3n) is 4.47. The van der Waals surface area contributed by atoms with Crippen LogP contribution in [0.4, 0.5) is 8.78 Å². The van der Waals surface area contributed by atoms with Crippen LogP contribution in [0.15, 0.2) is 17.2 Å². The first-order valence-corrected chi connectivity index (χ1v) is 7.20. The summed E-state index contributed by atoms with van der Waals surface area (Å²) in [5, 5.41) is 0. The minimum atomic E-state index is -2.29. The number of halogens is 2. The molecule has 1 aromatic heterocycles. The van der Waals surface area contributed by atoms with E-state index in [1.807, 2.05) is 0 Å². The van der Waals surface area contributed by atoms with Crippen LogP contribution in [-0.4, -0.2) is 39.3 Å². The molecule has 3 heterocycles. The van der Waals surface area contributed by atoms with Crippen LogP contribution in [0, 0.1) is 5.92 Å². The number of amides is 1. The van der Waals surface area contributed by atoms with Crippen LogP contribution in [0.2, 0.25) is 0 Å². The Balaban J connectivity index is 1.76. The van der Waals surface area contributed by atoms with Crippen LogP contribution in [0.5, 0.6) is 0 Å². The zero-order chi connectivity index (χ0) is 15.0. The first kappa shape index (κ1) is 14.2. The summed E-state index contributed by atoms with van der Waals surface area (Å²) in [6.45, 7) is 0. The van der Waals surface area contributed by atoms with Gasteiger partial charge in [-0.05, 0) is 31.6 Å². The van der Waals surface area contributed by atoms with Gasteiger partial charge in [0.2, 0.25) is 6.43 Å². The molecule has 2 fully saturated rings. The summed E-state index contributed by atoms with van der Waals surface area (Å²) in [4.78, 5) is 31.8. The summed E-state index contributed by atoms with van der Waals surface area (Å²) in [5.41, 5.74) is -0.240. The Labute approximate surface area is 120 Å². The molecule has 2 unspecified atom stereocenters. The lowest BCUT2D eigenvalue weighted by Gasteiger charge is -2.38. The van der Waals surface area contributed by atoms with Gasteiger partial charge in [-0.25, -0.2) is 13.8 Å². The van der Waals surface area contributed by atoms with Gasteiger partial charge in [0.15, 0.2) is 0 Å². The van der Waals surface area contributed by atoms with Crippen LogP contribution < -0.4 is 5.56 Å². The molecule has 1 amide bonds. The summed E-state index contributed by atoms with van der Waals surface area (Å²) >= 11 is 0. The quantitative estimate of drug-likeness (QED) is 0.925. The van der Waals surface area contributed by atoms with Crippen molar-refractivity contribution >= 4 is 5.91 Å². The fourth-order valence-corrected chi connectivity index (χ4v) is 3.68. The van der Waals surface area contributed by atoms with E-state index >= 15 is 0 Å². The summed E-state index contributed by atoms with van der Waals surface area (Å²) in [6.07, 6.45) is 1.77. The zero-order valence-electron chi connectivity index (χ0n) is 11.5. The summed E-state index contributed by atoms with van der Waals surface area (Å²) < 4.78 is 25.1. The molecule has 2 bridgehead atoms. The molecule has 5 nitrogen and oxygen atoms in total. The third-order valence-corrected chi connectivity index (χ3v) is 4.47. The number of hydrogen-bond acceptors (Lipinski definition) is 3. The molecule has 0 spiro atoms. The second kappa shape index (κ2) is 5.54. The predicted octanol–water partition coefficient (Wildman–Crippen LogP) is 1.81. The smallest absolute Gasteiger partial charge is 0.273 e. The van der Waals surface area contributed by atoms with E-state index in [0.717, 1.165) is 12.8 Å². The van der Waals surface area contributed by atoms with Crippen molar-refractivity contribution in [2.45, 2.75) is 50.6 Å². The van der Waals surface area contributed by atoms with Crippen molar-refractivity contribution in [2.75, 3.05) is 0 Å². The highest BCUT2D eigenvalue weighted by Crippen LogP contribution is 2.41. The highest BCUT2D eigenvalue weighted by molar-refractivity contribution is 5.92. The van der Waals surface area contributed by atoms with E-state index in [1.54, 1.807) is 4.90 Å². The second-order valence-corrected chi connectivity index (χ2v) is 5.86. The Morgan fingerprint density at radius 2 is 2.05 bits per heavy atom. The number of fused-ring (bicyclic) bond motifs is 2. The molecule has 0 aromatic carbocycles. The first-order chi connectivity index (χ1) is 10.0. The van der Waals surface area contributed by atoms with E-state index in [9.17, 15) is 18.4 Å². The predicted molar refractivity (Wildman–Crippen MR) is 71.2 cm³/mol. The maximum Gasteiger partial charge on any atom is 0.273 e. The lowest BCUT2D eigenvalue weighted by Crippen LogP contribution is -2.47. The van der Waals surface area contributed by atoms with E-state index in [0.29, 0.717) is 12.8 Å². The number of aromatic amines is 1. The molecule has 2 atom stereocenters. The number of piperidine rings is 1. The third kappa shape index (κ3) is 2.82. The van der Waals surface area contributed by atoms with Crippen LogP contribution in [-0.2, 0) is 0 Å². The summed E-state index contributed by atoms with van der Waals surface area (Å²) in [5.74, 6) is -0.275. The van der Waals surface area contributed by atoms with Gasteiger partial charge in [0.05, 0.1) is 6.33 Å². The number of nitrogens with zero attached hydrogens (tertiary/aromatic N) is 2. The molecule has 1 N–H and O–H groups in total. The standard InChI is InChI=1S/C14H17F2N3O2/c15-12(16)5-8-3-9-1-2-10(4-8)19(9)14(21)11-6-13(20)18-7-17-11/h6-10,12H,1-5H2,(H,17,18,20). The van der Waals surface area contributed by atoms with Gasteiger partial charge >= 0.3 is 0 Å². The Kier molecular flexibility index (Phi) is 3.73. The van der Waals surface area contributed by atoms with Gasteiger partial charge in [0.25, 0.3) is 11.5 Å². The number of alkyl halides is 2. The van der Waals surface area contributed by atoms with Gasteiger partial charge in [-0.3, -0.25) is 9.59 Å². The second-order valence-electron chi connectivity index (χ2n) is 5.86. The van der Waals surface area contributed by atoms with E-state index in [-0.39, 0.29) is 41.6 Å². The highest BCUT2D eigenvalue weighted by atomic mass is 19.3. The largest absolute Gasteiger partial charge is 0.331 e. The molecule has 1 aromatic rings. The van der Waals surface area contributed by atoms with E-state index in [1.165, 1.54) is 12.4 Å². The Morgan fingerprint density at radius 1 is 1.38 bits per heavy atom. The average Bonchev–Trinajstić information content (AvgIpc) is 2.69. The molecular formula is C14H17F2N3O2. The number of carbonyl (C=O) groups is 1. The van der Waals surface area contributed by atoms with Gasteiger partial charge in [-0.15, -0.1) is 0 Å². The molecular weight excluding hydrogens is 280 g/mol. The van der Waals surface area contributed by atoms with Crippen LogP contribution in [0.25, 0.3) is 0 Å². The molecule has 3 rings (SSSR count). The van der Waals surface area contributed by atoms with Crippen molar-refractivity contribution in [3.63, 3.8) is 0 Å². The lowest BCUT2D eigenvalue weighted by molar-refractivity contribution is 0.0404. The minimum Gasteiger partial charge on any atom is -0.331 e. The van der Waals surface area contributed by atoms with Crippen LogP contribution in [0.1, 0.15) is 42.6 Å². The molecule has 0 aliphatic carbocycles. The van der Waals surface area contributed by atoms with Crippen molar-refractivity contribution in [3.8, 4) is 0 Å². The number of hydrogen-bond donors (Lipinski definition) is 1. The first-order valence-electron chi connectivity index (χ1n) is 7.20. The van der Waals surface area contributed by atoms with Gasteiger partial charge < -0.3 is 9.88 Å². The van der Waals surface area contributed by atoms with Crippen molar-refractivity contribution in [1.29, 1.82) is 0 Å². The number of rotatable bonds is 3. The molecule has 114 valence electrons. The number of carbonyl (C=O) groups excluding carboxylic acids is 1. The maximum atomic E-state index is 12.5. The lowest BCUT2D eigenvalue weighted by atomic mass is 9.88. The van der Waals surface area contributed by atoms with Gasteiger partial charge in [-0.1, -0.05) is 0 Å². The Hall–Kier alpha value is -1.79. The Bertz CT molecular complexity index is 576. The van der Waals surface area contributed by atoms with E-state index in [2.05, 4.69) is 9.97 Å². The molecule has 2 aliphatic rings. The maximum absolute atomic E-state index is 12.5. The van der Waals surface area contributed by atoms with Crippen LogP contribution >= 0.6 is 0 Å². The zero-order valence-corrected chi connectivity index (χ0v) is 11.5. The van der Waals surface area contributed by atoms with Crippen molar-refractivity contribution < 1.29 is 13.6 Å². The minimum absolute atomic E-state index is 0.00101. The monoisotopic (exact) mass is 297 g/mol. The van der Waals surface area contributed by atoms with Gasteiger partial charge in [0.1, 0.15) is 5.69 Å². The number of H-pyrrole nitrogens is 1. The van der Waals surface area contributed by atoms with Gasteiger partial charge in [0, 0.05) is 24.6 Å². The molecule has 21 heavy (non-hydrogen) atoms. The average molecular weight is 297 g/mol. The normalized spacial score (nSPS) is 28.1. The van der Waals surface area contributed by atoms with E-state index in [4.69, 9.17) is 0 Å². The number of aromatic nitrogens is 2.